The lowest BCUT2D eigenvalue weighted by Crippen LogP contribution is -2.07. The summed E-state index contributed by atoms with van der Waals surface area (Å²) in [7, 11) is 2.78. The molecule has 0 saturated carbocycles. The zero-order valence-electron chi connectivity index (χ0n) is 10.9. The molecule has 0 amide bonds. The molecule has 0 heterocycles. The van der Waals surface area contributed by atoms with Gasteiger partial charge in [-0.2, -0.15) is 0 Å². The standard InChI is InChI=1S/C15H12F2O3/c1-19-9-3-5-11(13(16)7-9)15(18)12-6-4-10(20-2)8-14(12)17/h3-8H,1-2H3. The van der Waals surface area contributed by atoms with Crippen LogP contribution in [0.15, 0.2) is 36.4 Å². The molecule has 0 saturated heterocycles. The second kappa shape index (κ2) is 5.69. The number of hydrogen-bond donors (Lipinski definition) is 0. The van der Waals surface area contributed by atoms with Crippen LogP contribution in [0.25, 0.3) is 0 Å². The second-order valence-electron chi connectivity index (χ2n) is 4.02. The Morgan fingerprint density at radius 1 is 0.850 bits per heavy atom. The highest BCUT2D eigenvalue weighted by molar-refractivity contribution is 6.09. The van der Waals surface area contributed by atoms with Gasteiger partial charge in [0, 0.05) is 12.1 Å². The summed E-state index contributed by atoms with van der Waals surface area (Å²) in [5, 5.41) is 0. The molecule has 0 spiro atoms. The summed E-state index contributed by atoms with van der Waals surface area (Å²) in [4.78, 5) is 12.1. The number of benzene rings is 2. The van der Waals surface area contributed by atoms with Gasteiger partial charge >= 0.3 is 0 Å². The highest BCUT2D eigenvalue weighted by Crippen LogP contribution is 2.22. The molecule has 0 N–H and O–H groups in total. The SMILES string of the molecule is COc1ccc(C(=O)c2ccc(OC)cc2F)c(F)c1. The fourth-order valence-electron chi connectivity index (χ4n) is 1.76. The number of carbonyl (C=O) groups excluding carboxylic acids is 1. The van der Waals surface area contributed by atoms with Gasteiger partial charge in [-0.05, 0) is 24.3 Å². The molecule has 0 aliphatic heterocycles. The zero-order valence-corrected chi connectivity index (χ0v) is 10.9. The van der Waals surface area contributed by atoms with E-state index in [0.29, 0.717) is 0 Å². The van der Waals surface area contributed by atoms with Crippen LogP contribution in [0, 0.1) is 11.6 Å². The van der Waals surface area contributed by atoms with Crippen molar-refractivity contribution in [1.29, 1.82) is 0 Å². The molecule has 0 atom stereocenters. The third-order valence-electron chi connectivity index (χ3n) is 2.84. The Morgan fingerprint density at radius 2 is 1.25 bits per heavy atom. The van der Waals surface area contributed by atoms with Crippen molar-refractivity contribution in [2.45, 2.75) is 0 Å². The van der Waals surface area contributed by atoms with Gasteiger partial charge in [-0.15, -0.1) is 0 Å². The van der Waals surface area contributed by atoms with Crippen LogP contribution in [0.4, 0.5) is 8.78 Å². The van der Waals surface area contributed by atoms with Crippen LogP contribution in [-0.4, -0.2) is 20.0 Å². The summed E-state index contributed by atoms with van der Waals surface area (Å²) in [5.74, 6) is -1.68. The van der Waals surface area contributed by atoms with Gasteiger partial charge in [-0.25, -0.2) is 8.78 Å². The number of rotatable bonds is 4. The summed E-state index contributed by atoms with van der Waals surface area (Å²) in [6.07, 6.45) is 0. The average molecular weight is 278 g/mol. The van der Waals surface area contributed by atoms with Gasteiger partial charge < -0.3 is 9.47 Å². The van der Waals surface area contributed by atoms with Crippen LogP contribution in [0.5, 0.6) is 11.5 Å². The highest BCUT2D eigenvalue weighted by atomic mass is 19.1. The topological polar surface area (TPSA) is 35.5 Å². The number of hydrogen-bond acceptors (Lipinski definition) is 3. The van der Waals surface area contributed by atoms with Gasteiger partial charge in [0.25, 0.3) is 0 Å². The maximum Gasteiger partial charge on any atom is 0.198 e. The molecular weight excluding hydrogens is 266 g/mol. The fourth-order valence-corrected chi connectivity index (χ4v) is 1.76. The minimum absolute atomic E-state index is 0.213. The van der Waals surface area contributed by atoms with Gasteiger partial charge in [-0.3, -0.25) is 4.79 Å². The monoisotopic (exact) mass is 278 g/mol. The molecule has 2 aromatic carbocycles. The summed E-state index contributed by atoms with van der Waals surface area (Å²) in [6, 6.07) is 7.57. The zero-order chi connectivity index (χ0) is 14.7. The number of methoxy groups -OCH3 is 2. The van der Waals surface area contributed by atoms with Crippen LogP contribution in [0.1, 0.15) is 15.9 Å². The summed E-state index contributed by atoms with van der Waals surface area (Å²) in [6.45, 7) is 0. The first-order chi connectivity index (χ1) is 9.56. The average Bonchev–Trinajstić information content (AvgIpc) is 2.46. The first-order valence-corrected chi connectivity index (χ1v) is 5.78. The first-order valence-electron chi connectivity index (χ1n) is 5.78. The molecule has 0 aliphatic carbocycles. The van der Waals surface area contributed by atoms with E-state index >= 15 is 0 Å². The molecule has 104 valence electrons. The van der Waals surface area contributed by atoms with Crippen LogP contribution in [0.2, 0.25) is 0 Å². The quantitative estimate of drug-likeness (QED) is 0.806. The molecule has 0 radical (unpaired) electrons. The third kappa shape index (κ3) is 2.61. The van der Waals surface area contributed by atoms with E-state index in [9.17, 15) is 13.6 Å². The Balaban J connectivity index is 2.41. The Morgan fingerprint density at radius 3 is 1.55 bits per heavy atom. The predicted molar refractivity (Wildman–Crippen MR) is 69.3 cm³/mol. The molecule has 0 unspecified atom stereocenters. The van der Waals surface area contributed by atoms with Crippen LogP contribution >= 0.6 is 0 Å². The van der Waals surface area contributed by atoms with E-state index in [0.717, 1.165) is 12.1 Å². The molecule has 2 aromatic rings. The first kappa shape index (κ1) is 14.0. The minimum atomic E-state index is -0.760. The maximum atomic E-state index is 13.8. The summed E-state index contributed by atoms with van der Waals surface area (Å²) in [5.41, 5.74) is -0.426. The van der Waals surface area contributed by atoms with Crippen LogP contribution in [-0.2, 0) is 0 Å². The number of halogens is 2. The summed E-state index contributed by atoms with van der Waals surface area (Å²) < 4.78 is 37.3. The lowest BCUT2D eigenvalue weighted by Gasteiger charge is -2.07. The second-order valence-corrected chi connectivity index (χ2v) is 4.02. The van der Waals surface area contributed by atoms with Gasteiger partial charge in [-0.1, -0.05) is 0 Å². The lowest BCUT2D eigenvalue weighted by molar-refractivity contribution is 0.103. The third-order valence-corrected chi connectivity index (χ3v) is 2.84. The van der Waals surface area contributed by atoms with Crippen molar-refractivity contribution in [2.75, 3.05) is 14.2 Å². The van der Waals surface area contributed by atoms with Crippen LogP contribution in [0.3, 0.4) is 0 Å². The van der Waals surface area contributed by atoms with Gasteiger partial charge in [0.05, 0.1) is 25.3 Å². The van der Waals surface area contributed by atoms with Gasteiger partial charge in [0.15, 0.2) is 5.78 Å². The lowest BCUT2D eigenvalue weighted by atomic mass is 10.0. The minimum Gasteiger partial charge on any atom is -0.497 e. The van der Waals surface area contributed by atoms with E-state index in [1.54, 1.807) is 0 Å². The van der Waals surface area contributed by atoms with Gasteiger partial charge in [0.2, 0.25) is 0 Å². The number of ether oxygens (including phenoxy) is 2. The molecule has 0 aliphatic rings. The van der Waals surface area contributed by atoms with E-state index in [4.69, 9.17) is 9.47 Å². The number of ketones is 1. The molecule has 0 aromatic heterocycles. The van der Waals surface area contributed by atoms with Crippen molar-refractivity contribution in [1.82, 2.24) is 0 Å². The summed E-state index contributed by atoms with van der Waals surface area (Å²) >= 11 is 0. The Kier molecular flexibility index (Phi) is 3.98. The highest BCUT2D eigenvalue weighted by Gasteiger charge is 2.18. The molecule has 3 nitrogen and oxygen atoms in total. The predicted octanol–water partition coefficient (Wildman–Crippen LogP) is 3.21. The largest absolute Gasteiger partial charge is 0.497 e. The molecule has 2 rings (SSSR count). The molecule has 0 fully saturated rings. The van der Waals surface area contributed by atoms with E-state index in [1.165, 1.54) is 38.5 Å². The Labute approximate surface area is 114 Å². The smallest absolute Gasteiger partial charge is 0.198 e. The maximum absolute atomic E-state index is 13.8. The normalized spacial score (nSPS) is 10.2. The van der Waals surface area contributed by atoms with Crippen molar-refractivity contribution in [3.05, 3.63) is 59.2 Å². The van der Waals surface area contributed by atoms with E-state index in [2.05, 4.69) is 0 Å². The van der Waals surface area contributed by atoms with Crippen LogP contribution < -0.4 is 9.47 Å². The molecule has 0 bridgehead atoms. The molecular formula is C15H12F2O3. The van der Waals surface area contributed by atoms with Crippen molar-refractivity contribution in [3.63, 3.8) is 0 Å². The van der Waals surface area contributed by atoms with E-state index < -0.39 is 17.4 Å². The van der Waals surface area contributed by atoms with E-state index in [-0.39, 0.29) is 22.6 Å². The van der Waals surface area contributed by atoms with Crippen molar-refractivity contribution < 1.29 is 23.0 Å². The van der Waals surface area contributed by atoms with E-state index in [1.807, 2.05) is 0 Å². The van der Waals surface area contributed by atoms with Crippen molar-refractivity contribution in [3.8, 4) is 11.5 Å². The van der Waals surface area contributed by atoms with Crippen molar-refractivity contribution >= 4 is 5.78 Å². The molecule has 5 heteroatoms. The Hall–Kier alpha value is -2.43. The molecule has 20 heavy (non-hydrogen) atoms. The van der Waals surface area contributed by atoms with Crippen molar-refractivity contribution in [2.24, 2.45) is 0 Å². The Bertz CT molecular complexity index is 598. The number of carbonyl (C=O) groups is 1. The fraction of sp³-hybridized carbons (Fsp3) is 0.133. The van der Waals surface area contributed by atoms with Gasteiger partial charge in [0.1, 0.15) is 23.1 Å².